The summed E-state index contributed by atoms with van der Waals surface area (Å²) in [6.07, 6.45) is -1.21. The fourth-order valence-corrected chi connectivity index (χ4v) is 0.580. The zero-order chi connectivity index (χ0) is 9.56. The molecule has 0 saturated carbocycles. The Hall–Kier alpha value is -0.910. The number of carbonyl (C=O) groups is 1. The fourth-order valence-electron chi connectivity index (χ4n) is 0.580. The lowest BCUT2D eigenvalue weighted by Crippen LogP contribution is -2.21. The molecule has 0 aliphatic carbocycles. The van der Waals surface area contributed by atoms with E-state index in [1.807, 2.05) is 0 Å². The number of alkyl halides is 2. The van der Waals surface area contributed by atoms with Gasteiger partial charge >= 0.3 is 12.7 Å². The first-order chi connectivity index (χ1) is 5.52. The molecule has 0 rings (SSSR count). The Morgan fingerprint density at radius 1 is 1.58 bits per heavy atom. The van der Waals surface area contributed by atoms with Crippen LogP contribution in [0.15, 0.2) is 0 Å². The van der Waals surface area contributed by atoms with E-state index in [1.54, 1.807) is 6.92 Å². The van der Waals surface area contributed by atoms with Crippen LogP contribution in [0.3, 0.4) is 0 Å². The van der Waals surface area contributed by atoms with Crippen molar-refractivity contribution in [2.75, 3.05) is 6.61 Å². The minimum atomic E-state index is -2.79. The van der Waals surface area contributed by atoms with Gasteiger partial charge in [-0.05, 0) is 6.92 Å². The molecular weight excluding hydrogens is 172 g/mol. The Labute approximate surface area is 68.6 Å². The summed E-state index contributed by atoms with van der Waals surface area (Å²) in [4.78, 5) is 10.1. The number of primary amides is 1. The summed E-state index contributed by atoms with van der Waals surface area (Å²) in [6.45, 7) is -1.41. The van der Waals surface area contributed by atoms with Crippen molar-refractivity contribution in [2.45, 2.75) is 26.1 Å². The molecule has 0 aliphatic rings. The number of rotatable bonds is 5. The number of halogens is 2. The minimum Gasteiger partial charge on any atom is -0.447 e. The molecule has 0 radical (unpaired) electrons. The molecular formula is C6H11F2NO3. The van der Waals surface area contributed by atoms with Gasteiger partial charge in [-0.25, -0.2) is 4.79 Å². The lowest BCUT2D eigenvalue weighted by atomic mass is 10.3. The molecule has 0 bridgehead atoms. The summed E-state index contributed by atoms with van der Waals surface area (Å²) in [6, 6.07) is 0. The Balaban J connectivity index is 3.31. The standard InChI is InChI=1S/C6H11F2NO3/c1-4(12-6(9)10)2-3-11-5(7)8/h4-5H,2-3H2,1H3,(H2,9,10)/t4-/m0/s1. The van der Waals surface area contributed by atoms with Crippen molar-refractivity contribution in [3.63, 3.8) is 0 Å². The Kier molecular flexibility index (Phi) is 5.27. The number of hydrogen-bond acceptors (Lipinski definition) is 3. The molecule has 2 N–H and O–H groups in total. The summed E-state index contributed by atoms with van der Waals surface area (Å²) in [5.41, 5.74) is 4.67. The van der Waals surface area contributed by atoms with E-state index in [0.29, 0.717) is 0 Å². The second kappa shape index (κ2) is 5.70. The molecule has 0 saturated heterocycles. The summed E-state index contributed by atoms with van der Waals surface area (Å²) < 4.78 is 31.2. The summed E-state index contributed by atoms with van der Waals surface area (Å²) in [5, 5.41) is 0. The number of amides is 1. The molecule has 12 heavy (non-hydrogen) atoms. The number of nitrogens with two attached hydrogens (primary N) is 1. The average molecular weight is 183 g/mol. The van der Waals surface area contributed by atoms with Gasteiger partial charge in [-0.2, -0.15) is 8.78 Å². The molecule has 0 aliphatic heterocycles. The average Bonchev–Trinajstić information content (AvgIpc) is 1.84. The molecule has 72 valence electrons. The summed E-state index contributed by atoms with van der Waals surface area (Å²) in [5.74, 6) is 0. The van der Waals surface area contributed by atoms with Gasteiger partial charge in [-0.15, -0.1) is 0 Å². The first-order valence-corrected chi connectivity index (χ1v) is 3.38. The van der Waals surface area contributed by atoms with Gasteiger partial charge in [-0.1, -0.05) is 0 Å². The van der Waals surface area contributed by atoms with Crippen LogP contribution in [0.4, 0.5) is 13.6 Å². The number of hydrogen-bond donors (Lipinski definition) is 1. The molecule has 0 unspecified atom stereocenters. The lowest BCUT2D eigenvalue weighted by Gasteiger charge is -2.10. The number of carbonyl (C=O) groups excluding carboxylic acids is 1. The van der Waals surface area contributed by atoms with Crippen molar-refractivity contribution in [2.24, 2.45) is 5.73 Å². The molecule has 1 atom stereocenters. The van der Waals surface area contributed by atoms with Crippen LogP contribution in [0.2, 0.25) is 0 Å². The molecule has 0 aromatic carbocycles. The van der Waals surface area contributed by atoms with E-state index in [9.17, 15) is 13.6 Å². The van der Waals surface area contributed by atoms with Crippen molar-refractivity contribution >= 4 is 6.09 Å². The SMILES string of the molecule is C[C@@H](CCOC(F)F)OC(N)=O. The first-order valence-electron chi connectivity index (χ1n) is 3.38. The smallest absolute Gasteiger partial charge is 0.404 e. The lowest BCUT2D eigenvalue weighted by molar-refractivity contribution is -0.132. The maximum atomic E-state index is 11.4. The summed E-state index contributed by atoms with van der Waals surface area (Å²) in [7, 11) is 0. The third kappa shape index (κ3) is 7.20. The Morgan fingerprint density at radius 2 is 2.17 bits per heavy atom. The second-order valence-corrected chi connectivity index (χ2v) is 2.17. The topological polar surface area (TPSA) is 61.6 Å². The van der Waals surface area contributed by atoms with Crippen LogP contribution in [0, 0.1) is 0 Å². The third-order valence-corrected chi connectivity index (χ3v) is 1.09. The molecule has 0 spiro atoms. The van der Waals surface area contributed by atoms with Crippen LogP contribution in [-0.4, -0.2) is 25.4 Å². The quantitative estimate of drug-likeness (QED) is 0.694. The zero-order valence-corrected chi connectivity index (χ0v) is 6.63. The molecule has 4 nitrogen and oxygen atoms in total. The molecule has 0 fully saturated rings. The van der Waals surface area contributed by atoms with Crippen molar-refractivity contribution in [1.82, 2.24) is 0 Å². The third-order valence-electron chi connectivity index (χ3n) is 1.09. The van der Waals surface area contributed by atoms with Crippen molar-refractivity contribution in [3.05, 3.63) is 0 Å². The van der Waals surface area contributed by atoms with Gasteiger partial charge in [0.05, 0.1) is 6.61 Å². The number of ether oxygens (including phenoxy) is 2. The van der Waals surface area contributed by atoms with Gasteiger partial charge in [-0.3, -0.25) is 0 Å². The predicted octanol–water partition coefficient (Wildman–Crippen LogP) is 1.10. The molecule has 6 heteroatoms. The van der Waals surface area contributed by atoms with Gasteiger partial charge in [0.2, 0.25) is 0 Å². The molecule has 0 heterocycles. The van der Waals surface area contributed by atoms with Crippen molar-refractivity contribution in [3.8, 4) is 0 Å². The molecule has 0 aromatic rings. The van der Waals surface area contributed by atoms with E-state index in [0.717, 1.165) is 0 Å². The van der Waals surface area contributed by atoms with E-state index < -0.39 is 18.8 Å². The van der Waals surface area contributed by atoms with Gasteiger partial charge in [0, 0.05) is 6.42 Å². The monoisotopic (exact) mass is 183 g/mol. The second-order valence-electron chi connectivity index (χ2n) is 2.17. The van der Waals surface area contributed by atoms with Crippen LogP contribution < -0.4 is 5.73 Å². The maximum Gasteiger partial charge on any atom is 0.404 e. The summed E-state index contributed by atoms with van der Waals surface area (Å²) >= 11 is 0. The fraction of sp³-hybridized carbons (Fsp3) is 0.833. The Morgan fingerprint density at radius 3 is 2.58 bits per heavy atom. The van der Waals surface area contributed by atoms with E-state index in [1.165, 1.54) is 0 Å². The largest absolute Gasteiger partial charge is 0.447 e. The zero-order valence-electron chi connectivity index (χ0n) is 6.63. The van der Waals surface area contributed by atoms with Crippen LogP contribution in [0.1, 0.15) is 13.3 Å². The highest BCUT2D eigenvalue weighted by Gasteiger charge is 2.07. The van der Waals surface area contributed by atoms with E-state index in [4.69, 9.17) is 0 Å². The van der Waals surface area contributed by atoms with Crippen LogP contribution in [-0.2, 0) is 9.47 Å². The predicted molar refractivity (Wildman–Crippen MR) is 36.7 cm³/mol. The Bertz CT molecular complexity index is 143. The molecule has 0 aromatic heterocycles. The van der Waals surface area contributed by atoms with Gasteiger partial charge in [0.15, 0.2) is 0 Å². The van der Waals surface area contributed by atoms with E-state index in [2.05, 4.69) is 15.2 Å². The highest BCUT2D eigenvalue weighted by atomic mass is 19.3. The van der Waals surface area contributed by atoms with Gasteiger partial charge in [0.25, 0.3) is 0 Å². The molecule has 1 amide bonds. The highest BCUT2D eigenvalue weighted by Crippen LogP contribution is 2.01. The van der Waals surface area contributed by atoms with Gasteiger partial charge < -0.3 is 15.2 Å². The van der Waals surface area contributed by atoms with Crippen LogP contribution in [0.5, 0.6) is 0 Å². The van der Waals surface area contributed by atoms with Crippen molar-refractivity contribution in [1.29, 1.82) is 0 Å². The highest BCUT2D eigenvalue weighted by molar-refractivity contribution is 5.64. The van der Waals surface area contributed by atoms with Crippen LogP contribution in [0.25, 0.3) is 0 Å². The van der Waals surface area contributed by atoms with Crippen molar-refractivity contribution < 1.29 is 23.0 Å². The minimum absolute atomic E-state index is 0.161. The first kappa shape index (κ1) is 11.1. The van der Waals surface area contributed by atoms with Gasteiger partial charge in [0.1, 0.15) is 6.10 Å². The maximum absolute atomic E-state index is 11.4. The van der Waals surface area contributed by atoms with Crippen LogP contribution >= 0.6 is 0 Å². The normalized spacial score (nSPS) is 13.0. The van der Waals surface area contributed by atoms with E-state index >= 15 is 0 Å². The van der Waals surface area contributed by atoms with E-state index in [-0.39, 0.29) is 13.0 Å².